The highest BCUT2D eigenvalue weighted by atomic mass is 32.1. The minimum atomic E-state index is 0.272. The summed E-state index contributed by atoms with van der Waals surface area (Å²) in [5.74, 6) is 0. The van der Waals surface area contributed by atoms with Crippen molar-refractivity contribution in [1.82, 2.24) is 0 Å². The highest BCUT2D eigenvalue weighted by Gasteiger charge is 1.95. The van der Waals surface area contributed by atoms with Gasteiger partial charge in [-0.3, -0.25) is 0 Å². The zero-order valence-electron chi connectivity index (χ0n) is 6.54. The lowest BCUT2D eigenvalue weighted by molar-refractivity contribution is 1.19. The molecule has 0 spiro atoms. The molecule has 0 heterocycles. The van der Waals surface area contributed by atoms with Crippen LogP contribution in [0.15, 0.2) is 36.5 Å². The van der Waals surface area contributed by atoms with Gasteiger partial charge in [-0.05, 0) is 19.4 Å². The van der Waals surface area contributed by atoms with Crippen LogP contribution in [0.5, 0.6) is 0 Å². The minimum Gasteiger partial charge on any atom is -0.171 e. The molecule has 0 N–H and O–H groups in total. The summed E-state index contributed by atoms with van der Waals surface area (Å²) in [6.07, 6.45) is 7.83. The summed E-state index contributed by atoms with van der Waals surface area (Å²) in [7, 11) is 0. The van der Waals surface area contributed by atoms with E-state index in [0.717, 1.165) is 5.57 Å². The first kappa shape index (κ1) is 9.57. The quantitative estimate of drug-likeness (QED) is 0.469. The Morgan fingerprint density at radius 3 is 2.50 bits per heavy atom. The van der Waals surface area contributed by atoms with E-state index in [9.17, 15) is 0 Å². The molecule has 56 valence electrons. The molecule has 0 rings (SSSR count). The van der Waals surface area contributed by atoms with Crippen LogP contribution in [-0.4, -0.2) is 5.25 Å². The number of hydrogen-bond donors (Lipinski definition) is 1. The monoisotopic (exact) mass is 154 g/mol. The minimum absolute atomic E-state index is 0.272. The van der Waals surface area contributed by atoms with Gasteiger partial charge < -0.3 is 0 Å². The van der Waals surface area contributed by atoms with Crippen LogP contribution >= 0.6 is 12.6 Å². The standard InChI is InChI=1S/C9H14S/c1-4-6-7-9(5-2)8(3)10/h4-8,10H,2H2,1,3H3/b6-4-,9-7-. The van der Waals surface area contributed by atoms with Crippen molar-refractivity contribution < 1.29 is 0 Å². The van der Waals surface area contributed by atoms with E-state index in [1.807, 2.05) is 38.2 Å². The van der Waals surface area contributed by atoms with E-state index in [0.29, 0.717) is 0 Å². The van der Waals surface area contributed by atoms with E-state index in [1.165, 1.54) is 0 Å². The van der Waals surface area contributed by atoms with Crippen molar-refractivity contribution in [2.24, 2.45) is 0 Å². The Kier molecular flexibility index (Phi) is 5.13. The van der Waals surface area contributed by atoms with Gasteiger partial charge in [0.25, 0.3) is 0 Å². The number of rotatable bonds is 3. The summed E-state index contributed by atoms with van der Waals surface area (Å²) in [6.45, 7) is 7.70. The van der Waals surface area contributed by atoms with E-state index < -0.39 is 0 Å². The molecule has 1 atom stereocenters. The van der Waals surface area contributed by atoms with Gasteiger partial charge in [-0.15, -0.1) is 0 Å². The molecule has 0 bridgehead atoms. The van der Waals surface area contributed by atoms with E-state index in [1.54, 1.807) is 0 Å². The van der Waals surface area contributed by atoms with Crippen LogP contribution in [-0.2, 0) is 0 Å². The summed E-state index contributed by atoms with van der Waals surface area (Å²) in [5.41, 5.74) is 1.15. The van der Waals surface area contributed by atoms with Crippen molar-refractivity contribution in [3.63, 3.8) is 0 Å². The lowest BCUT2D eigenvalue weighted by atomic mass is 10.2. The third kappa shape index (κ3) is 3.57. The van der Waals surface area contributed by atoms with Crippen LogP contribution in [0.3, 0.4) is 0 Å². The van der Waals surface area contributed by atoms with Crippen LogP contribution < -0.4 is 0 Å². The van der Waals surface area contributed by atoms with Crippen molar-refractivity contribution in [2.45, 2.75) is 19.1 Å². The number of thiol groups is 1. The summed E-state index contributed by atoms with van der Waals surface area (Å²) in [6, 6.07) is 0. The maximum atomic E-state index is 4.27. The van der Waals surface area contributed by atoms with Gasteiger partial charge in [0.05, 0.1) is 0 Å². The average Bonchev–Trinajstić information content (AvgIpc) is 1.89. The second kappa shape index (κ2) is 5.36. The van der Waals surface area contributed by atoms with Crippen molar-refractivity contribution >= 4 is 12.6 Å². The summed E-state index contributed by atoms with van der Waals surface area (Å²) < 4.78 is 0. The zero-order chi connectivity index (χ0) is 7.98. The topological polar surface area (TPSA) is 0 Å². The van der Waals surface area contributed by atoms with E-state index >= 15 is 0 Å². The largest absolute Gasteiger partial charge is 0.171 e. The summed E-state index contributed by atoms with van der Waals surface area (Å²) in [5, 5.41) is 0.272. The third-order valence-corrected chi connectivity index (χ3v) is 1.50. The Hall–Kier alpha value is -0.430. The molecule has 0 aromatic rings. The van der Waals surface area contributed by atoms with Crippen LogP contribution in [0.1, 0.15) is 13.8 Å². The lowest BCUT2D eigenvalue weighted by Gasteiger charge is -2.01. The van der Waals surface area contributed by atoms with Gasteiger partial charge >= 0.3 is 0 Å². The number of allylic oxidation sites excluding steroid dienone is 4. The van der Waals surface area contributed by atoms with E-state index in [2.05, 4.69) is 19.2 Å². The lowest BCUT2D eigenvalue weighted by Crippen LogP contribution is -1.92. The van der Waals surface area contributed by atoms with E-state index in [-0.39, 0.29) is 5.25 Å². The summed E-state index contributed by atoms with van der Waals surface area (Å²) in [4.78, 5) is 0. The van der Waals surface area contributed by atoms with Gasteiger partial charge in [-0.2, -0.15) is 12.6 Å². The Bertz CT molecular complexity index is 152. The fourth-order valence-electron chi connectivity index (χ4n) is 0.585. The fourth-order valence-corrected chi connectivity index (χ4v) is 0.777. The van der Waals surface area contributed by atoms with Crippen LogP contribution in [0.4, 0.5) is 0 Å². The van der Waals surface area contributed by atoms with Crippen molar-refractivity contribution in [3.8, 4) is 0 Å². The molecule has 0 fully saturated rings. The number of hydrogen-bond acceptors (Lipinski definition) is 1. The molecule has 0 nitrogen and oxygen atoms in total. The Labute approximate surface area is 68.7 Å². The first-order valence-corrected chi connectivity index (χ1v) is 3.87. The third-order valence-electron chi connectivity index (χ3n) is 1.20. The molecule has 0 saturated carbocycles. The Morgan fingerprint density at radius 2 is 2.20 bits per heavy atom. The maximum Gasteiger partial charge on any atom is 0.0238 e. The molecule has 10 heavy (non-hydrogen) atoms. The van der Waals surface area contributed by atoms with Crippen LogP contribution in [0.25, 0.3) is 0 Å². The first-order valence-electron chi connectivity index (χ1n) is 3.35. The van der Waals surface area contributed by atoms with Crippen molar-refractivity contribution in [1.29, 1.82) is 0 Å². The van der Waals surface area contributed by atoms with Gasteiger partial charge in [0.1, 0.15) is 0 Å². The van der Waals surface area contributed by atoms with Crippen molar-refractivity contribution in [3.05, 3.63) is 36.5 Å². The molecule has 0 aliphatic rings. The highest BCUT2D eigenvalue weighted by molar-refractivity contribution is 7.81. The Morgan fingerprint density at radius 1 is 1.60 bits per heavy atom. The molecule has 0 aromatic heterocycles. The predicted octanol–water partition coefficient (Wildman–Crippen LogP) is 2.99. The van der Waals surface area contributed by atoms with Crippen LogP contribution in [0, 0.1) is 0 Å². The molecule has 0 saturated heterocycles. The second-order valence-corrected chi connectivity index (χ2v) is 2.85. The van der Waals surface area contributed by atoms with Gasteiger partial charge in [0.2, 0.25) is 0 Å². The summed E-state index contributed by atoms with van der Waals surface area (Å²) >= 11 is 4.27. The molecule has 1 heteroatoms. The zero-order valence-corrected chi connectivity index (χ0v) is 7.44. The molecule has 0 radical (unpaired) electrons. The maximum absolute atomic E-state index is 4.27. The smallest absolute Gasteiger partial charge is 0.0238 e. The molecular weight excluding hydrogens is 140 g/mol. The molecule has 0 aliphatic carbocycles. The van der Waals surface area contributed by atoms with Gasteiger partial charge in [0, 0.05) is 5.25 Å². The average molecular weight is 154 g/mol. The fraction of sp³-hybridized carbons (Fsp3) is 0.333. The van der Waals surface area contributed by atoms with E-state index in [4.69, 9.17) is 0 Å². The van der Waals surface area contributed by atoms with Gasteiger partial charge in [-0.1, -0.05) is 30.9 Å². The molecule has 0 aliphatic heterocycles. The SMILES string of the molecule is C=C/C(=C/C=C\C)C(C)S. The molecule has 1 unspecified atom stereocenters. The van der Waals surface area contributed by atoms with Gasteiger partial charge in [-0.25, -0.2) is 0 Å². The van der Waals surface area contributed by atoms with Crippen LogP contribution in [0.2, 0.25) is 0 Å². The van der Waals surface area contributed by atoms with Gasteiger partial charge in [0.15, 0.2) is 0 Å². The predicted molar refractivity (Wildman–Crippen MR) is 51.5 cm³/mol. The molecule has 0 aromatic carbocycles. The molecular formula is C9H14S. The first-order chi connectivity index (χ1) is 4.72. The normalized spacial score (nSPS) is 15.7. The Balaban J connectivity index is 4.18. The second-order valence-electron chi connectivity index (χ2n) is 2.07. The van der Waals surface area contributed by atoms with Crippen molar-refractivity contribution in [2.75, 3.05) is 0 Å². The molecule has 0 amide bonds. The highest BCUT2D eigenvalue weighted by Crippen LogP contribution is 2.08.